The van der Waals surface area contributed by atoms with Gasteiger partial charge < -0.3 is 10.6 Å². The van der Waals surface area contributed by atoms with Crippen molar-refractivity contribution < 1.29 is 4.79 Å². The van der Waals surface area contributed by atoms with Crippen molar-refractivity contribution in [2.24, 2.45) is 11.8 Å². The monoisotopic (exact) mass is 295 g/mol. The van der Waals surface area contributed by atoms with E-state index < -0.39 is 0 Å². The van der Waals surface area contributed by atoms with Gasteiger partial charge in [-0.1, -0.05) is 43.3 Å². The molecule has 1 amide bonds. The molecule has 2 atom stereocenters. The third kappa shape index (κ3) is 3.17. The third-order valence-electron chi connectivity index (χ3n) is 4.34. The van der Waals surface area contributed by atoms with E-state index >= 15 is 0 Å². The fourth-order valence-corrected chi connectivity index (χ4v) is 2.67. The molecule has 1 fully saturated rings. The first-order chi connectivity index (χ1) is 10.8. The minimum atomic E-state index is -0.203. The molecule has 1 saturated heterocycles. The highest BCUT2D eigenvalue weighted by Crippen LogP contribution is 2.22. The van der Waals surface area contributed by atoms with E-state index in [0.29, 0.717) is 5.92 Å². The molecule has 0 aliphatic carbocycles. The number of benzene rings is 1. The molecule has 1 aliphatic heterocycles. The molecular weight excluding hydrogens is 274 g/mol. The lowest BCUT2D eigenvalue weighted by atomic mass is 9.88. The Balaban J connectivity index is 1.81. The van der Waals surface area contributed by atoms with Crippen LogP contribution in [-0.2, 0) is 4.79 Å². The fraction of sp³-hybridized carbons (Fsp3) is 0.333. The average Bonchev–Trinajstić information content (AvgIpc) is 2.52. The lowest BCUT2D eigenvalue weighted by molar-refractivity contribution is -0.127. The third-order valence-corrected chi connectivity index (χ3v) is 4.34. The first kappa shape index (κ1) is 14.7. The smallest absolute Gasteiger partial charge is 0.224 e. The molecule has 22 heavy (non-hydrogen) atoms. The zero-order chi connectivity index (χ0) is 15.4. The van der Waals surface area contributed by atoms with Crippen molar-refractivity contribution >= 4 is 5.91 Å². The van der Waals surface area contributed by atoms with Gasteiger partial charge in [0.15, 0.2) is 0 Å². The van der Waals surface area contributed by atoms with E-state index in [9.17, 15) is 4.79 Å². The van der Waals surface area contributed by atoms with Crippen LogP contribution in [0.4, 0.5) is 0 Å². The van der Waals surface area contributed by atoms with E-state index in [1.807, 2.05) is 55.5 Å². The van der Waals surface area contributed by atoms with Crippen molar-refractivity contribution in [3.63, 3.8) is 0 Å². The van der Waals surface area contributed by atoms with E-state index in [4.69, 9.17) is 0 Å². The molecule has 4 nitrogen and oxygen atoms in total. The molecule has 0 bridgehead atoms. The van der Waals surface area contributed by atoms with Crippen LogP contribution in [0.5, 0.6) is 0 Å². The molecule has 0 spiro atoms. The number of amides is 1. The largest absolute Gasteiger partial charge is 0.343 e. The Bertz CT molecular complexity index is 571. The molecule has 4 heteroatoms. The summed E-state index contributed by atoms with van der Waals surface area (Å²) in [5.74, 6) is 0.530. The Morgan fingerprint density at radius 2 is 1.91 bits per heavy atom. The van der Waals surface area contributed by atoms with Gasteiger partial charge in [0.25, 0.3) is 0 Å². The summed E-state index contributed by atoms with van der Waals surface area (Å²) < 4.78 is 0. The van der Waals surface area contributed by atoms with E-state index in [1.54, 1.807) is 6.20 Å². The number of carbonyl (C=O) groups excluding carboxylic acids is 1. The predicted octanol–water partition coefficient (Wildman–Crippen LogP) is 2.14. The van der Waals surface area contributed by atoms with Gasteiger partial charge in [0.1, 0.15) is 0 Å². The van der Waals surface area contributed by atoms with Crippen LogP contribution in [0.25, 0.3) is 0 Å². The number of hydrogen-bond acceptors (Lipinski definition) is 3. The van der Waals surface area contributed by atoms with E-state index in [0.717, 1.165) is 24.3 Å². The summed E-state index contributed by atoms with van der Waals surface area (Å²) in [6, 6.07) is 15.6. The van der Waals surface area contributed by atoms with Crippen molar-refractivity contribution in [3.05, 3.63) is 66.0 Å². The second-order valence-electron chi connectivity index (χ2n) is 5.81. The molecule has 1 aromatic carbocycles. The fourth-order valence-electron chi connectivity index (χ4n) is 2.67. The number of nitrogens with zero attached hydrogens (tertiary/aromatic N) is 1. The van der Waals surface area contributed by atoms with Gasteiger partial charge in [-0.25, -0.2) is 0 Å². The summed E-state index contributed by atoms with van der Waals surface area (Å²) >= 11 is 0. The highest BCUT2D eigenvalue weighted by atomic mass is 16.2. The van der Waals surface area contributed by atoms with Gasteiger partial charge in [-0.2, -0.15) is 0 Å². The summed E-state index contributed by atoms with van der Waals surface area (Å²) in [4.78, 5) is 17.0. The maximum atomic E-state index is 12.6. The van der Waals surface area contributed by atoms with Crippen LogP contribution in [0.2, 0.25) is 0 Å². The molecule has 1 aromatic heterocycles. The van der Waals surface area contributed by atoms with Crippen LogP contribution < -0.4 is 10.6 Å². The molecule has 2 unspecified atom stereocenters. The molecule has 114 valence electrons. The van der Waals surface area contributed by atoms with Crippen molar-refractivity contribution in [2.45, 2.75) is 13.0 Å². The number of pyridine rings is 1. The number of hydrogen-bond donors (Lipinski definition) is 2. The normalized spacial score (nSPS) is 17.3. The van der Waals surface area contributed by atoms with E-state index in [-0.39, 0.29) is 17.9 Å². The lowest BCUT2D eigenvalue weighted by Gasteiger charge is -2.32. The molecular formula is C18H21N3O. The molecule has 1 aliphatic rings. The first-order valence-electron chi connectivity index (χ1n) is 7.72. The summed E-state index contributed by atoms with van der Waals surface area (Å²) in [5.41, 5.74) is 1.91. The van der Waals surface area contributed by atoms with Gasteiger partial charge in [-0.3, -0.25) is 9.78 Å². The topological polar surface area (TPSA) is 54.0 Å². The van der Waals surface area contributed by atoms with Crippen LogP contribution in [0, 0.1) is 11.8 Å². The Morgan fingerprint density at radius 3 is 2.50 bits per heavy atom. The number of aromatic nitrogens is 1. The molecule has 0 radical (unpaired) electrons. The molecule has 2 heterocycles. The summed E-state index contributed by atoms with van der Waals surface area (Å²) in [7, 11) is 0. The van der Waals surface area contributed by atoms with Gasteiger partial charge in [-0.05, 0) is 36.7 Å². The Morgan fingerprint density at radius 1 is 1.18 bits per heavy atom. The second kappa shape index (κ2) is 6.71. The van der Waals surface area contributed by atoms with Crippen LogP contribution in [0.1, 0.15) is 24.2 Å². The van der Waals surface area contributed by atoms with Crippen LogP contribution in [0.15, 0.2) is 54.7 Å². The molecule has 2 N–H and O–H groups in total. The molecule has 3 rings (SSSR count). The Hall–Kier alpha value is -2.20. The van der Waals surface area contributed by atoms with Crippen LogP contribution >= 0.6 is 0 Å². The highest BCUT2D eigenvalue weighted by Gasteiger charge is 2.30. The van der Waals surface area contributed by atoms with E-state index in [1.165, 1.54) is 0 Å². The van der Waals surface area contributed by atoms with Gasteiger partial charge in [-0.15, -0.1) is 0 Å². The second-order valence-corrected chi connectivity index (χ2v) is 5.81. The van der Waals surface area contributed by atoms with Gasteiger partial charge >= 0.3 is 0 Å². The number of nitrogens with one attached hydrogen (secondary N) is 2. The zero-order valence-electron chi connectivity index (χ0n) is 12.7. The molecule has 2 aromatic rings. The molecule has 0 saturated carbocycles. The van der Waals surface area contributed by atoms with Gasteiger partial charge in [0, 0.05) is 12.1 Å². The standard InChI is InChI=1S/C18H21N3O/c1-13(15-11-19-12-15)18(22)21-17(14-7-3-2-4-8-14)16-9-5-6-10-20-16/h2-10,13,15,17,19H,11-12H2,1H3,(H,21,22). The maximum absolute atomic E-state index is 12.6. The minimum absolute atomic E-state index is 0.0103. The van der Waals surface area contributed by atoms with Crippen molar-refractivity contribution in [1.82, 2.24) is 15.6 Å². The van der Waals surface area contributed by atoms with Crippen molar-refractivity contribution in [3.8, 4) is 0 Å². The lowest BCUT2D eigenvalue weighted by Crippen LogP contribution is -2.50. The van der Waals surface area contributed by atoms with Crippen molar-refractivity contribution in [1.29, 1.82) is 0 Å². The first-order valence-corrected chi connectivity index (χ1v) is 7.72. The van der Waals surface area contributed by atoms with Gasteiger partial charge in [0.2, 0.25) is 5.91 Å². The Labute approximate surface area is 131 Å². The van der Waals surface area contributed by atoms with Crippen LogP contribution in [0.3, 0.4) is 0 Å². The maximum Gasteiger partial charge on any atom is 0.224 e. The van der Waals surface area contributed by atoms with Crippen LogP contribution in [-0.4, -0.2) is 24.0 Å². The summed E-state index contributed by atoms with van der Waals surface area (Å²) in [6.45, 7) is 3.85. The minimum Gasteiger partial charge on any atom is -0.343 e. The predicted molar refractivity (Wildman–Crippen MR) is 86.2 cm³/mol. The van der Waals surface area contributed by atoms with E-state index in [2.05, 4.69) is 15.6 Å². The van der Waals surface area contributed by atoms with Gasteiger partial charge in [0.05, 0.1) is 11.7 Å². The quantitative estimate of drug-likeness (QED) is 0.888. The average molecular weight is 295 g/mol. The number of carbonyl (C=O) groups is 1. The van der Waals surface area contributed by atoms with Crippen molar-refractivity contribution in [2.75, 3.05) is 13.1 Å². The zero-order valence-corrected chi connectivity index (χ0v) is 12.7. The highest BCUT2D eigenvalue weighted by molar-refractivity contribution is 5.79. The SMILES string of the molecule is CC(C(=O)NC(c1ccccc1)c1ccccn1)C1CNC1. The Kier molecular flexibility index (Phi) is 4.49. The summed E-state index contributed by atoms with van der Waals surface area (Å²) in [6.07, 6.45) is 1.76. The summed E-state index contributed by atoms with van der Waals surface area (Å²) in [5, 5.41) is 6.39. The number of rotatable bonds is 5.